The average Bonchev–Trinajstić information content (AvgIpc) is 3.06. The molecule has 3 heterocycles. The first kappa shape index (κ1) is 16.3. The molecule has 2 atom stereocenters. The van der Waals surface area contributed by atoms with Gasteiger partial charge in [0.2, 0.25) is 0 Å². The zero-order valence-electron chi connectivity index (χ0n) is 13.8. The van der Waals surface area contributed by atoms with E-state index in [9.17, 15) is 4.79 Å². The molecule has 0 unspecified atom stereocenters. The number of pyridine rings is 1. The molecule has 1 aliphatic heterocycles. The van der Waals surface area contributed by atoms with Gasteiger partial charge in [0.25, 0.3) is 0 Å². The Kier molecular flexibility index (Phi) is 4.95. The van der Waals surface area contributed by atoms with Gasteiger partial charge in [0.15, 0.2) is 0 Å². The first-order valence-electron chi connectivity index (χ1n) is 7.99. The summed E-state index contributed by atoms with van der Waals surface area (Å²) in [6, 6.07) is 5.28. The molecule has 0 bridgehead atoms. The number of anilines is 2. The minimum atomic E-state index is -0.284. The zero-order valence-corrected chi connectivity index (χ0v) is 13.8. The molecule has 3 N–H and O–H groups in total. The van der Waals surface area contributed by atoms with Crippen LogP contribution in [0.1, 0.15) is 19.5 Å². The van der Waals surface area contributed by atoms with Crippen molar-refractivity contribution in [3.63, 3.8) is 0 Å². The number of hydrogen-bond acceptors (Lipinski definition) is 5. The lowest BCUT2D eigenvalue weighted by molar-refractivity contribution is -0.00545. The number of H-pyrrole nitrogens is 1. The quantitative estimate of drug-likeness (QED) is 0.794. The van der Waals surface area contributed by atoms with Crippen LogP contribution in [0, 0.1) is 0 Å². The third-order valence-electron chi connectivity index (χ3n) is 3.75. The molecule has 1 fully saturated rings. The molecular weight excluding hydrogens is 308 g/mol. The molecule has 3 rings (SSSR count). The molecule has 2 aromatic heterocycles. The molecule has 128 valence electrons. The van der Waals surface area contributed by atoms with E-state index in [4.69, 9.17) is 4.74 Å². The van der Waals surface area contributed by atoms with E-state index >= 15 is 0 Å². The molecular formula is C16H22N6O2. The lowest BCUT2D eigenvalue weighted by Crippen LogP contribution is -2.45. The van der Waals surface area contributed by atoms with Gasteiger partial charge < -0.3 is 20.3 Å². The van der Waals surface area contributed by atoms with Gasteiger partial charge in [-0.1, -0.05) is 0 Å². The highest BCUT2D eigenvalue weighted by Crippen LogP contribution is 2.19. The SMILES string of the molecule is C[C@H]1CN(c2ccc(NC(=O)NCc3ccn[nH]3)cn2)C[C@H](C)O1. The van der Waals surface area contributed by atoms with Gasteiger partial charge in [-0.3, -0.25) is 5.10 Å². The highest BCUT2D eigenvalue weighted by molar-refractivity contribution is 5.89. The number of nitrogens with one attached hydrogen (secondary N) is 3. The number of nitrogens with zero attached hydrogens (tertiary/aromatic N) is 3. The standard InChI is InChI=1S/C16H22N6O2/c1-11-9-22(10-12(2)24-11)15-4-3-13(7-17-15)20-16(23)18-8-14-5-6-19-21-14/h3-7,11-12H,8-10H2,1-2H3,(H,19,21)(H2,18,20,23)/t11-,12-/m0/s1. The second kappa shape index (κ2) is 7.31. The van der Waals surface area contributed by atoms with Crippen molar-refractivity contribution >= 4 is 17.5 Å². The van der Waals surface area contributed by atoms with Crippen molar-refractivity contribution in [3.8, 4) is 0 Å². The van der Waals surface area contributed by atoms with E-state index in [1.54, 1.807) is 18.5 Å². The highest BCUT2D eigenvalue weighted by atomic mass is 16.5. The Bertz CT molecular complexity index is 648. The Labute approximate surface area is 140 Å². The Morgan fingerprint density at radius 3 is 2.75 bits per heavy atom. The molecule has 0 saturated carbocycles. The van der Waals surface area contributed by atoms with E-state index in [1.165, 1.54) is 0 Å². The third-order valence-corrected chi connectivity index (χ3v) is 3.75. The van der Waals surface area contributed by atoms with Crippen LogP contribution in [0.5, 0.6) is 0 Å². The number of rotatable bonds is 4. The summed E-state index contributed by atoms with van der Waals surface area (Å²) in [7, 11) is 0. The van der Waals surface area contributed by atoms with Crippen LogP contribution in [-0.2, 0) is 11.3 Å². The van der Waals surface area contributed by atoms with Gasteiger partial charge in [0.1, 0.15) is 5.82 Å². The fourth-order valence-corrected chi connectivity index (χ4v) is 2.75. The first-order valence-corrected chi connectivity index (χ1v) is 7.99. The number of carbonyl (C=O) groups excluding carboxylic acids is 1. The summed E-state index contributed by atoms with van der Waals surface area (Å²) in [5.41, 5.74) is 1.49. The van der Waals surface area contributed by atoms with Crippen molar-refractivity contribution in [2.24, 2.45) is 0 Å². The summed E-state index contributed by atoms with van der Waals surface area (Å²) in [5, 5.41) is 12.1. The number of carbonyl (C=O) groups is 1. The molecule has 0 aromatic carbocycles. The number of morpholine rings is 1. The summed E-state index contributed by atoms with van der Waals surface area (Å²) in [4.78, 5) is 18.5. The maximum atomic E-state index is 11.9. The number of urea groups is 1. The molecule has 1 saturated heterocycles. The first-order chi connectivity index (χ1) is 11.6. The second-order valence-corrected chi connectivity index (χ2v) is 5.96. The Balaban J connectivity index is 1.53. The lowest BCUT2D eigenvalue weighted by atomic mass is 10.2. The normalized spacial score (nSPS) is 20.7. The van der Waals surface area contributed by atoms with E-state index in [1.807, 2.05) is 12.1 Å². The van der Waals surface area contributed by atoms with Crippen molar-refractivity contribution in [1.82, 2.24) is 20.5 Å². The van der Waals surface area contributed by atoms with Crippen molar-refractivity contribution in [1.29, 1.82) is 0 Å². The number of amides is 2. The second-order valence-electron chi connectivity index (χ2n) is 5.96. The Morgan fingerprint density at radius 1 is 1.33 bits per heavy atom. The summed E-state index contributed by atoms with van der Waals surface area (Å²) in [6.45, 7) is 6.13. The number of hydrogen-bond donors (Lipinski definition) is 3. The van der Waals surface area contributed by atoms with E-state index < -0.39 is 0 Å². The van der Waals surface area contributed by atoms with E-state index in [0.717, 1.165) is 24.6 Å². The Morgan fingerprint density at radius 2 is 2.12 bits per heavy atom. The summed E-state index contributed by atoms with van der Waals surface area (Å²) in [5.74, 6) is 0.889. The van der Waals surface area contributed by atoms with Crippen LogP contribution in [0.2, 0.25) is 0 Å². The number of aromatic amines is 1. The average molecular weight is 330 g/mol. The molecule has 24 heavy (non-hydrogen) atoms. The lowest BCUT2D eigenvalue weighted by Gasteiger charge is -2.36. The zero-order chi connectivity index (χ0) is 16.9. The van der Waals surface area contributed by atoms with Gasteiger partial charge in [-0.05, 0) is 32.0 Å². The van der Waals surface area contributed by atoms with Crippen LogP contribution in [0.4, 0.5) is 16.3 Å². The predicted octanol–water partition coefficient (Wildman–Crippen LogP) is 1.74. The molecule has 0 aliphatic carbocycles. The fraction of sp³-hybridized carbons (Fsp3) is 0.438. The minimum absolute atomic E-state index is 0.182. The predicted molar refractivity (Wildman–Crippen MR) is 90.9 cm³/mol. The largest absolute Gasteiger partial charge is 0.372 e. The maximum Gasteiger partial charge on any atom is 0.319 e. The summed E-state index contributed by atoms with van der Waals surface area (Å²) >= 11 is 0. The topological polar surface area (TPSA) is 95.2 Å². The van der Waals surface area contributed by atoms with E-state index in [-0.39, 0.29) is 18.2 Å². The van der Waals surface area contributed by atoms with E-state index in [0.29, 0.717) is 12.2 Å². The van der Waals surface area contributed by atoms with Gasteiger partial charge in [-0.2, -0.15) is 5.10 Å². The van der Waals surface area contributed by atoms with Gasteiger partial charge in [0, 0.05) is 19.3 Å². The van der Waals surface area contributed by atoms with Crippen molar-refractivity contribution < 1.29 is 9.53 Å². The molecule has 1 aliphatic rings. The molecule has 2 aromatic rings. The van der Waals surface area contributed by atoms with Crippen molar-refractivity contribution in [2.75, 3.05) is 23.3 Å². The van der Waals surface area contributed by atoms with Crippen LogP contribution in [0.3, 0.4) is 0 Å². The molecule has 8 heteroatoms. The number of aromatic nitrogens is 3. The maximum absolute atomic E-state index is 11.9. The smallest absolute Gasteiger partial charge is 0.319 e. The van der Waals surface area contributed by atoms with Gasteiger partial charge in [-0.15, -0.1) is 0 Å². The molecule has 2 amide bonds. The molecule has 0 spiro atoms. The third kappa shape index (κ3) is 4.23. The van der Waals surface area contributed by atoms with Crippen molar-refractivity contribution in [3.05, 3.63) is 36.3 Å². The van der Waals surface area contributed by atoms with Crippen LogP contribution in [0.25, 0.3) is 0 Å². The van der Waals surface area contributed by atoms with Gasteiger partial charge in [0.05, 0.1) is 36.3 Å². The summed E-state index contributed by atoms with van der Waals surface area (Å²) in [6.07, 6.45) is 3.67. The monoisotopic (exact) mass is 330 g/mol. The molecule has 0 radical (unpaired) electrons. The minimum Gasteiger partial charge on any atom is -0.372 e. The fourth-order valence-electron chi connectivity index (χ4n) is 2.75. The van der Waals surface area contributed by atoms with Crippen LogP contribution < -0.4 is 15.5 Å². The number of ether oxygens (including phenoxy) is 1. The highest BCUT2D eigenvalue weighted by Gasteiger charge is 2.22. The van der Waals surface area contributed by atoms with Gasteiger partial charge in [-0.25, -0.2) is 9.78 Å². The molecule has 8 nitrogen and oxygen atoms in total. The van der Waals surface area contributed by atoms with Crippen LogP contribution in [0.15, 0.2) is 30.6 Å². The van der Waals surface area contributed by atoms with Gasteiger partial charge >= 0.3 is 6.03 Å². The van der Waals surface area contributed by atoms with E-state index in [2.05, 4.69) is 44.6 Å². The van der Waals surface area contributed by atoms with Crippen molar-refractivity contribution in [2.45, 2.75) is 32.6 Å². The Hall–Kier alpha value is -2.61. The van der Waals surface area contributed by atoms with Crippen LogP contribution in [-0.4, -0.2) is 46.5 Å². The van der Waals surface area contributed by atoms with Crippen LogP contribution >= 0.6 is 0 Å². The summed E-state index contributed by atoms with van der Waals surface area (Å²) < 4.78 is 5.73.